The maximum atomic E-state index is 3.61. The molecule has 0 aliphatic heterocycles. The zero-order chi connectivity index (χ0) is 12.3. The fourth-order valence-corrected chi connectivity index (χ4v) is 3.07. The Bertz CT molecular complexity index is 223. The van der Waals surface area contributed by atoms with Crippen molar-refractivity contribution in [3.63, 3.8) is 0 Å². The van der Waals surface area contributed by atoms with Gasteiger partial charge in [-0.05, 0) is 57.0 Å². The summed E-state index contributed by atoms with van der Waals surface area (Å²) in [6, 6.07) is 1.84. The molecule has 17 heavy (non-hydrogen) atoms. The van der Waals surface area contributed by atoms with Crippen LogP contribution in [-0.4, -0.2) is 36.6 Å². The molecular weight excluding hydrogens is 208 g/mol. The molecule has 0 amide bonds. The number of hydrogen-bond acceptors (Lipinski definition) is 2. The number of nitrogens with zero attached hydrogens (tertiary/aromatic N) is 1. The van der Waals surface area contributed by atoms with Crippen LogP contribution in [0, 0.1) is 11.8 Å². The molecule has 0 heterocycles. The van der Waals surface area contributed by atoms with Crippen molar-refractivity contribution in [1.29, 1.82) is 0 Å². The molecule has 0 aromatic heterocycles. The van der Waals surface area contributed by atoms with E-state index in [0.717, 1.165) is 23.9 Å². The van der Waals surface area contributed by atoms with Gasteiger partial charge in [0.2, 0.25) is 0 Å². The van der Waals surface area contributed by atoms with Crippen LogP contribution in [0.5, 0.6) is 0 Å². The van der Waals surface area contributed by atoms with E-state index < -0.39 is 0 Å². The van der Waals surface area contributed by atoms with Gasteiger partial charge in [-0.25, -0.2) is 0 Å². The quantitative estimate of drug-likeness (QED) is 0.654. The third-order valence-electron chi connectivity index (χ3n) is 4.23. The van der Waals surface area contributed by atoms with Crippen LogP contribution in [0.4, 0.5) is 0 Å². The first-order valence-corrected chi connectivity index (χ1v) is 7.68. The molecule has 2 atom stereocenters. The molecule has 0 saturated heterocycles. The second-order valence-corrected chi connectivity index (χ2v) is 6.43. The second-order valence-electron chi connectivity index (χ2n) is 6.43. The zero-order valence-corrected chi connectivity index (χ0v) is 11.9. The van der Waals surface area contributed by atoms with Gasteiger partial charge >= 0.3 is 0 Å². The lowest BCUT2D eigenvalue weighted by atomic mass is 9.78. The summed E-state index contributed by atoms with van der Waals surface area (Å²) >= 11 is 0. The molecule has 2 unspecified atom stereocenters. The van der Waals surface area contributed by atoms with Crippen molar-refractivity contribution < 1.29 is 0 Å². The summed E-state index contributed by atoms with van der Waals surface area (Å²) in [5, 5.41) is 3.61. The smallest absolute Gasteiger partial charge is 0.0139 e. The van der Waals surface area contributed by atoms with Gasteiger partial charge in [-0.1, -0.05) is 20.8 Å². The van der Waals surface area contributed by atoms with Gasteiger partial charge < -0.3 is 5.32 Å². The molecule has 2 saturated carbocycles. The highest BCUT2D eigenvalue weighted by molar-refractivity contribution is 4.97. The van der Waals surface area contributed by atoms with E-state index in [2.05, 4.69) is 31.0 Å². The highest BCUT2D eigenvalue weighted by atomic mass is 15.2. The lowest BCUT2D eigenvalue weighted by Gasteiger charge is -2.45. The van der Waals surface area contributed by atoms with Crippen LogP contribution in [-0.2, 0) is 0 Å². The summed E-state index contributed by atoms with van der Waals surface area (Å²) in [6.07, 6.45) is 7.07. The monoisotopic (exact) mass is 238 g/mol. The normalized spacial score (nSPS) is 28.8. The first kappa shape index (κ1) is 13.4. The summed E-state index contributed by atoms with van der Waals surface area (Å²) in [4.78, 5) is 2.84. The van der Waals surface area contributed by atoms with Gasteiger partial charge in [0.15, 0.2) is 0 Å². The predicted molar refractivity (Wildman–Crippen MR) is 74.2 cm³/mol. The van der Waals surface area contributed by atoms with Crippen LogP contribution < -0.4 is 5.32 Å². The second kappa shape index (κ2) is 6.19. The number of rotatable bonds is 8. The Labute approximate surface area is 107 Å². The summed E-state index contributed by atoms with van der Waals surface area (Å²) in [7, 11) is 0. The van der Waals surface area contributed by atoms with Crippen LogP contribution in [0.25, 0.3) is 0 Å². The van der Waals surface area contributed by atoms with Crippen LogP contribution in [0.1, 0.15) is 52.9 Å². The minimum atomic E-state index is 0.820. The van der Waals surface area contributed by atoms with Crippen LogP contribution in [0.15, 0.2) is 0 Å². The predicted octanol–water partition coefficient (Wildman–Crippen LogP) is 2.89. The number of hydrogen-bond donors (Lipinski definition) is 1. The SMILES string of the molecule is CCCNCC1CCC1N(CC(C)C)C1CC1. The van der Waals surface area contributed by atoms with E-state index in [9.17, 15) is 0 Å². The topological polar surface area (TPSA) is 15.3 Å². The van der Waals surface area contributed by atoms with Crippen LogP contribution >= 0.6 is 0 Å². The van der Waals surface area contributed by atoms with Gasteiger partial charge in [0.25, 0.3) is 0 Å². The molecule has 2 nitrogen and oxygen atoms in total. The fraction of sp³-hybridized carbons (Fsp3) is 1.00. The van der Waals surface area contributed by atoms with E-state index in [1.807, 2.05) is 0 Å². The van der Waals surface area contributed by atoms with E-state index in [-0.39, 0.29) is 0 Å². The van der Waals surface area contributed by atoms with E-state index in [4.69, 9.17) is 0 Å². The Morgan fingerprint density at radius 1 is 1.18 bits per heavy atom. The zero-order valence-electron chi connectivity index (χ0n) is 11.9. The van der Waals surface area contributed by atoms with Crippen molar-refractivity contribution in [2.75, 3.05) is 19.6 Å². The molecule has 2 heteroatoms. The Morgan fingerprint density at radius 3 is 2.41 bits per heavy atom. The third kappa shape index (κ3) is 3.69. The van der Waals surface area contributed by atoms with Crippen molar-refractivity contribution >= 4 is 0 Å². The molecule has 100 valence electrons. The minimum absolute atomic E-state index is 0.820. The summed E-state index contributed by atoms with van der Waals surface area (Å²) in [6.45, 7) is 10.7. The first-order valence-electron chi connectivity index (χ1n) is 7.68. The van der Waals surface area contributed by atoms with Crippen molar-refractivity contribution in [2.24, 2.45) is 11.8 Å². The molecule has 2 aliphatic carbocycles. The number of nitrogens with one attached hydrogen (secondary N) is 1. The third-order valence-corrected chi connectivity index (χ3v) is 4.23. The highest BCUT2D eigenvalue weighted by Crippen LogP contribution is 2.39. The Hall–Kier alpha value is -0.0800. The first-order chi connectivity index (χ1) is 8.22. The Balaban J connectivity index is 1.77. The standard InChI is InChI=1S/C15H30N2/c1-4-9-16-10-13-5-8-15(13)17(11-12(2)3)14-6-7-14/h12-16H,4-11H2,1-3H3. The van der Waals surface area contributed by atoms with Crippen molar-refractivity contribution in [3.05, 3.63) is 0 Å². The van der Waals surface area contributed by atoms with E-state index in [1.54, 1.807) is 0 Å². The summed E-state index contributed by atoms with van der Waals surface area (Å²) in [5.74, 6) is 1.75. The Morgan fingerprint density at radius 2 is 1.94 bits per heavy atom. The average Bonchev–Trinajstić information content (AvgIpc) is 3.04. The maximum absolute atomic E-state index is 3.61. The van der Waals surface area contributed by atoms with Gasteiger partial charge in [-0.3, -0.25) is 4.90 Å². The molecule has 0 aromatic carbocycles. The lowest BCUT2D eigenvalue weighted by molar-refractivity contribution is 0.0458. The fourth-order valence-electron chi connectivity index (χ4n) is 3.07. The molecule has 0 spiro atoms. The highest BCUT2D eigenvalue weighted by Gasteiger charge is 2.41. The van der Waals surface area contributed by atoms with Gasteiger partial charge in [0.1, 0.15) is 0 Å². The summed E-state index contributed by atoms with van der Waals surface area (Å²) < 4.78 is 0. The average molecular weight is 238 g/mol. The van der Waals surface area contributed by atoms with E-state index >= 15 is 0 Å². The Kier molecular flexibility index (Phi) is 4.87. The molecule has 0 radical (unpaired) electrons. The molecule has 2 aliphatic rings. The van der Waals surface area contributed by atoms with E-state index in [0.29, 0.717) is 0 Å². The molecule has 0 bridgehead atoms. The summed E-state index contributed by atoms with van der Waals surface area (Å²) in [5.41, 5.74) is 0. The van der Waals surface area contributed by atoms with Gasteiger partial charge in [-0.15, -0.1) is 0 Å². The molecular formula is C15H30N2. The lowest BCUT2D eigenvalue weighted by Crippen LogP contribution is -2.52. The largest absolute Gasteiger partial charge is 0.316 e. The molecule has 2 rings (SSSR count). The van der Waals surface area contributed by atoms with E-state index in [1.165, 1.54) is 51.7 Å². The van der Waals surface area contributed by atoms with Gasteiger partial charge in [0, 0.05) is 18.6 Å². The molecule has 2 fully saturated rings. The van der Waals surface area contributed by atoms with Crippen molar-refractivity contribution in [2.45, 2.75) is 65.0 Å². The van der Waals surface area contributed by atoms with Gasteiger partial charge in [0.05, 0.1) is 0 Å². The maximum Gasteiger partial charge on any atom is 0.0139 e. The molecule has 1 N–H and O–H groups in total. The van der Waals surface area contributed by atoms with Crippen molar-refractivity contribution in [1.82, 2.24) is 10.2 Å². The molecule has 0 aromatic rings. The van der Waals surface area contributed by atoms with Crippen molar-refractivity contribution in [3.8, 4) is 0 Å². The van der Waals surface area contributed by atoms with Gasteiger partial charge in [-0.2, -0.15) is 0 Å². The van der Waals surface area contributed by atoms with Crippen LogP contribution in [0.3, 0.4) is 0 Å². The van der Waals surface area contributed by atoms with Crippen LogP contribution in [0.2, 0.25) is 0 Å². The minimum Gasteiger partial charge on any atom is -0.316 e.